The molecule has 1 N–H and O–H groups in total. The zero-order valence-corrected chi connectivity index (χ0v) is 17.9. The lowest BCUT2D eigenvalue weighted by atomic mass is 9.75. The SMILES string of the molecule is C[C@@H]1CN(c2ccnn3cc(-n4cc(C5CNCCO5)cn4)cc23)C(=O)[C@]1(C#N)C1CC1. The second-order valence-electron chi connectivity index (χ2n) is 9.10. The van der Waals surface area contributed by atoms with Gasteiger partial charge in [-0.05, 0) is 30.9 Å². The maximum Gasteiger partial charge on any atom is 0.248 e. The summed E-state index contributed by atoms with van der Waals surface area (Å²) in [5.41, 5.74) is 2.58. The molecule has 0 spiro atoms. The fraction of sp³-hybridized carbons (Fsp3) is 0.478. The molecule has 5 heterocycles. The molecule has 6 rings (SSSR count). The van der Waals surface area contributed by atoms with E-state index in [0.29, 0.717) is 13.2 Å². The molecule has 32 heavy (non-hydrogen) atoms. The van der Waals surface area contributed by atoms with Crippen molar-refractivity contribution in [1.82, 2.24) is 24.7 Å². The zero-order chi connectivity index (χ0) is 21.9. The van der Waals surface area contributed by atoms with Crippen LogP contribution in [-0.4, -0.2) is 51.5 Å². The van der Waals surface area contributed by atoms with Crippen LogP contribution in [0.4, 0.5) is 5.69 Å². The predicted octanol–water partition coefficient (Wildman–Crippen LogP) is 2.08. The van der Waals surface area contributed by atoms with Crippen LogP contribution in [-0.2, 0) is 9.53 Å². The lowest BCUT2D eigenvalue weighted by Crippen LogP contribution is -2.37. The molecule has 3 aromatic heterocycles. The molecule has 2 aliphatic heterocycles. The van der Waals surface area contributed by atoms with Gasteiger partial charge in [-0.25, -0.2) is 9.20 Å². The van der Waals surface area contributed by atoms with Crippen molar-refractivity contribution >= 4 is 17.1 Å². The number of amides is 1. The van der Waals surface area contributed by atoms with E-state index in [-0.39, 0.29) is 23.8 Å². The highest BCUT2D eigenvalue weighted by molar-refractivity contribution is 6.05. The van der Waals surface area contributed by atoms with Crippen LogP contribution in [0.5, 0.6) is 0 Å². The van der Waals surface area contributed by atoms with Crippen molar-refractivity contribution in [3.63, 3.8) is 0 Å². The summed E-state index contributed by atoms with van der Waals surface area (Å²) in [6.45, 7) is 4.89. The van der Waals surface area contributed by atoms with E-state index in [2.05, 4.69) is 21.6 Å². The molecule has 164 valence electrons. The predicted molar refractivity (Wildman–Crippen MR) is 116 cm³/mol. The van der Waals surface area contributed by atoms with E-state index in [1.54, 1.807) is 15.6 Å². The number of hydrogen-bond acceptors (Lipinski definition) is 6. The van der Waals surface area contributed by atoms with Crippen LogP contribution in [0.2, 0.25) is 0 Å². The van der Waals surface area contributed by atoms with Gasteiger partial charge >= 0.3 is 0 Å². The highest BCUT2D eigenvalue weighted by Crippen LogP contribution is 2.54. The Hall–Kier alpha value is -3.22. The highest BCUT2D eigenvalue weighted by atomic mass is 16.5. The Kier molecular flexibility index (Phi) is 4.35. The Labute approximate surface area is 185 Å². The average Bonchev–Trinajstić information content (AvgIpc) is 3.29. The molecular weight excluding hydrogens is 406 g/mol. The molecule has 0 aromatic carbocycles. The summed E-state index contributed by atoms with van der Waals surface area (Å²) >= 11 is 0. The van der Waals surface area contributed by atoms with Gasteiger partial charge in [0.2, 0.25) is 5.91 Å². The molecule has 3 aromatic rings. The molecule has 1 aliphatic carbocycles. The Morgan fingerprint density at radius 1 is 1.31 bits per heavy atom. The maximum atomic E-state index is 13.5. The van der Waals surface area contributed by atoms with E-state index in [4.69, 9.17) is 4.74 Å². The number of carbonyl (C=O) groups is 1. The molecule has 1 amide bonds. The molecular formula is C23H25N7O2. The van der Waals surface area contributed by atoms with Crippen molar-refractivity contribution in [1.29, 1.82) is 5.26 Å². The fourth-order valence-electron chi connectivity index (χ4n) is 5.27. The smallest absolute Gasteiger partial charge is 0.248 e. The van der Waals surface area contributed by atoms with E-state index in [0.717, 1.165) is 48.4 Å². The van der Waals surface area contributed by atoms with Crippen molar-refractivity contribution < 1.29 is 9.53 Å². The van der Waals surface area contributed by atoms with Gasteiger partial charge in [0.1, 0.15) is 5.41 Å². The molecule has 0 bridgehead atoms. The van der Waals surface area contributed by atoms with Gasteiger partial charge in [0.15, 0.2) is 0 Å². The lowest BCUT2D eigenvalue weighted by molar-refractivity contribution is -0.124. The van der Waals surface area contributed by atoms with Gasteiger partial charge < -0.3 is 15.0 Å². The van der Waals surface area contributed by atoms with E-state index in [1.807, 2.05) is 42.3 Å². The molecule has 3 atom stereocenters. The summed E-state index contributed by atoms with van der Waals surface area (Å²) in [6.07, 6.45) is 9.32. The first-order chi connectivity index (χ1) is 15.6. The summed E-state index contributed by atoms with van der Waals surface area (Å²) in [7, 11) is 0. The molecule has 2 saturated heterocycles. The van der Waals surface area contributed by atoms with Crippen LogP contribution >= 0.6 is 0 Å². The molecule has 9 nitrogen and oxygen atoms in total. The summed E-state index contributed by atoms with van der Waals surface area (Å²) in [5, 5.41) is 22.3. The number of anilines is 1. The number of fused-ring (bicyclic) bond motifs is 1. The number of morpholine rings is 1. The molecule has 9 heteroatoms. The maximum absolute atomic E-state index is 13.5. The Morgan fingerprint density at radius 3 is 2.94 bits per heavy atom. The van der Waals surface area contributed by atoms with Crippen LogP contribution in [0.3, 0.4) is 0 Å². The van der Waals surface area contributed by atoms with E-state index >= 15 is 0 Å². The molecule has 1 saturated carbocycles. The summed E-state index contributed by atoms with van der Waals surface area (Å²) in [5.74, 6) is 0.0984. The lowest BCUT2D eigenvalue weighted by Gasteiger charge is -2.23. The second kappa shape index (κ2) is 7.15. The number of nitrogens with one attached hydrogen (secondary N) is 1. The van der Waals surface area contributed by atoms with Crippen molar-refractivity contribution in [2.24, 2.45) is 17.3 Å². The minimum atomic E-state index is -0.902. The summed E-state index contributed by atoms with van der Waals surface area (Å²) in [4.78, 5) is 15.3. The fourth-order valence-corrected chi connectivity index (χ4v) is 5.27. The first-order valence-electron chi connectivity index (χ1n) is 11.2. The van der Waals surface area contributed by atoms with Gasteiger partial charge in [-0.15, -0.1) is 0 Å². The second-order valence-corrected chi connectivity index (χ2v) is 9.10. The largest absolute Gasteiger partial charge is 0.371 e. The third kappa shape index (κ3) is 2.80. The van der Waals surface area contributed by atoms with Crippen LogP contribution in [0.15, 0.2) is 36.9 Å². The van der Waals surface area contributed by atoms with Gasteiger partial charge in [-0.2, -0.15) is 15.5 Å². The minimum Gasteiger partial charge on any atom is -0.371 e. The molecule has 1 unspecified atom stereocenters. The zero-order valence-electron chi connectivity index (χ0n) is 17.9. The van der Waals surface area contributed by atoms with Gasteiger partial charge in [0.05, 0.1) is 48.1 Å². The number of rotatable bonds is 4. The average molecular weight is 432 g/mol. The van der Waals surface area contributed by atoms with Crippen LogP contribution < -0.4 is 10.2 Å². The van der Waals surface area contributed by atoms with E-state index < -0.39 is 5.41 Å². The Bertz CT molecular complexity index is 1230. The Balaban J connectivity index is 1.35. The van der Waals surface area contributed by atoms with Gasteiger partial charge in [-0.3, -0.25) is 4.79 Å². The number of ether oxygens (including phenoxy) is 1. The van der Waals surface area contributed by atoms with Crippen LogP contribution in [0.25, 0.3) is 11.2 Å². The standard InChI is InChI=1S/C23H25N7O2/c1-15-11-28(22(31)23(15,14-24)17-2-3-17)19-4-5-26-30-13-18(8-20(19)30)29-12-16(9-27-29)21-10-25-6-7-32-21/h4-5,8-9,12-13,15,17,21,25H,2-3,6-7,10-11H2,1H3/t15-,21?,23+/m1/s1. The topological polar surface area (TPSA) is 100 Å². The van der Waals surface area contributed by atoms with Crippen molar-refractivity contribution in [2.45, 2.75) is 25.9 Å². The van der Waals surface area contributed by atoms with E-state index in [9.17, 15) is 10.1 Å². The number of nitrogens with zero attached hydrogens (tertiary/aromatic N) is 6. The van der Waals surface area contributed by atoms with Gasteiger partial charge in [0, 0.05) is 43.5 Å². The van der Waals surface area contributed by atoms with Crippen LogP contribution in [0.1, 0.15) is 31.4 Å². The number of carbonyl (C=O) groups excluding carboxylic acids is 1. The van der Waals surface area contributed by atoms with Crippen molar-refractivity contribution in [3.8, 4) is 11.8 Å². The molecule has 0 radical (unpaired) electrons. The third-order valence-corrected chi connectivity index (χ3v) is 7.17. The third-order valence-electron chi connectivity index (χ3n) is 7.17. The summed E-state index contributed by atoms with van der Waals surface area (Å²) in [6, 6.07) is 6.25. The van der Waals surface area contributed by atoms with Crippen molar-refractivity contribution in [3.05, 3.63) is 42.5 Å². The monoisotopic (exact) mass is 431 g/mol. The summed E-state index contributed by atoms with van der Waals surface area (Å²) < 4.78 is 9.41. The molecule has 3 aliphatic rings. The number of hydrogen-bond donors (Lipinski definition) is 1. The van der Waals surface area contributed by atoms with Gasteiger partial charge in [-0.1, -0.05) is 6.92 Å². The number of nitriles is 1. The van der Waals surface area contributed by atoms with Gasteiger partial charge in [0.25, 0.3) is 0 Å². The number of aromatic nitrogens is 4. The normalized spacial score (nSPS) is 28.4. The van der Waals surface area contributed by atoms with E-state index in [1.165, 1.54) is 0 Å². The quantitative estimate of drug-likeness (QED) is 0.679. The minimum absolute atomic E-state index is 0.00606. The highest BCUT2D eigenvalue weighted by Gasteiger charge is 2.61. The van der Waals surface area contributed by atoms with Crippen molar-refractivity contribution in [2.75, 3.05) is 31.1 Å². The first-order valence-corrected chi connectivity index (χ1v) is 11.2. The first kappa shape index (κ1) is 19.5. The van der Waals surface area contributed by atoms with Crippen LogP contribution in [0, 0.1) is 28.6 Å². The molecule has 3 fully saturated rings. The Morgan fingerprint density at radius 2 is 2.19 bits per heavy atom.